The van der Waals surface area contributed by atoms with E-state index in [2.05, 4.69) is 9.97 Å². The molecular weight excluding hydrogens is 252 g/mol. The number of hydrogen-bond acceptors (Lipinski definition) is 4. The summed E-state index contributed by atoms with van der Waals surface area (Å²) in [6.07, 6.45) is 1.84. The molecule has 0 spiro atoms. The summed E-state index contributed by atoms with van der Waals surface area (Å²) in [5.41, 5.74) is 1.28. The first kappa shape index (κ1) is 12.5. The number of imidazole rings is 1. The van der Waals surface area contributed by atoms with Crippen LogP contribution in [0.3, 0.4) is 0 Å². The van der Waals surface area contributed by atoms with Crippen LogP contribution in [0.5, 0.6) is 5.75 Å². The van der Waals surface area contributed by atoms with Gasteiger partial charge >= 0.3 is 5.97 Å². The average Bonchev–Trinajstić information content (AvgIpc) is 2.83. The van der Waals surface area contributed by atoms with Crippen LogP contribution in [0.1, 0.15) is 10.5 Å². The number of nitrogens with zero attached hydrogens (tertiary/aromatic N) is 1. The number of rotatable bonds is 4. The van der Waals surface area contributed by atoms with Crippen LogP contribution in [0.25, 0.3) is 11.3 Å². The van der Waals surface area contributed by atoms with E-state index in [0.29, 0.717) is 10.9 Å². The number of benzene rings is 1. The van der Waals surface area contributed by atoms with Crippen LogP contribution < -0.4 is 4.74 Å². The lowest BCUT2D eigenvalue weighted by Crippen LogP contribution is -1.99. The first-order valence-corrected chi connectivity index (χ1v) is 6.40. The molecule has 2 aromatic rings. The second-order valence-electron chi connectivity index (χ2n) is 3.50. The van der Waals surface area contributed by atoms with Crippen LogP contribution >= 0.6 is 11.8 Å². The molecule has 0 aliphatic rings. The van der Waals surface area contributed by atoms with Crippen molar-refractivity contribution < 1.29 is 14.6 Å². The minimum Gasteiger partial charge on any atom is -0.497 e. The van der Waals surface area contributed by atoms with Crippen molar-refractivity contribution in [2.75, 3.05) is 13.4 Å². The number of aromatic amines is 1. The molecule has 0 fully saturated rings. The predicted molar refractivity (Wildman–Crippen MR) is 69.3 cm³/mol. The molecule has 1 aromatic heterocycles. The highest BCUT2D eigenvalue weighted by molar-refractivity contribution is 7.98. The minimum absolute atomic E-state index is 0.101. The van der Waals surface area contributed by atoms with Crippen molar-refractivity contribution in [2.45, 2.75) is 5.16 Å². The van der Waals surface area contributed by atoms with Gasteiger partial charge in [0.25, 0.3) is 0 Å². The first-order chi connectivity index (χ1) is 8.65. The van der Waals surface area contributed by atoms with E-state index < -0.39 is 5.97 Å². The van der Waals surface area contributed by atoms with Gasteiger partial charge in [-0.05, 0) is 30.5 Å². The van der Waals surface area contributed by atoms with Gasteiger partial charge in [-0.1, -0.05) is 11.8 Å². The molecule has 6 heteroatoms. The van der Waals surface area contributed by atoms with Crippen molar-refractivity contribution in [3.8, 4) is 17.0 Å². The van der Waals surface area contributed by atoms with Crippen LogP contribution in [-0.2, 0) is 0 Å². The Hall–Kier alpha value is -1.95. The Bertz CT molecular complexity index is 563. The Morgan fingerprint density at radius 3 is 2.56 bits per heavy atom. The molecule has 0 saturated heterocycles. The molecular formula is C12H12N2O3S. The molecule has 0 unspecified atom stereocenters. The van der Waals surface area contributed by atoms with Gasteiger partial charge in [0.05, 0.1) is 7.11 Å². The summed E-state index contributed by atoms with van der Waals surface area (Å²) in [5.74, 6) is -0.301. The van der Waals surface area contributed by atoms with Gasteiger partial charge in [0.1, 0.15) is 11.4 Å². The Kier molecular flexibility index (Phi) is 3.57. The summed E-state index contributed by atoms with van der Waals surface area (Å²) >= 11 is 1.37. The second kappa shape index (κ2) is 5.14. The first-order valence-electron chi connectivity index (χ1n) is 5.17. The van der Waals surface area contributed by atoms with Crippen molar-refractivity contribution >= 4 is 17.7 Å². The highest BCUT2D eigenvalue weighted by Crippen LogP contribution is 2.26. The van der Waals surface area contributed by atoms with Crippen molar-refractivity contribution in [1.29, 1.82) is 0 Å². The lowest BCUT2D eigenvalue weighted by Gasteiger charge is -2.01. The number of carbonyl (C=O) groups is 1. The molecule has 1 aromatic carbocycles. The minimum atomic E-state index is -1.02. The van der Waals surface area contributed by atoms with Gasteiger partial charge in [0.2, 0.25) is 0 Å². The molecule has 0 aliphatic carbocycles. The van der Waals surface area contributed by atoms with Gasteiger partial charge in [-0.25, -0.2) is 9.78 Å². The zero-order valence-corrected chi connectivity index (χ0v) is 10.7. The quantitative estimate of drug-likeness (QED) is 0.830. The standard InChI is InChI=1S/C12H12N2O3S/c1-17-8-5-3-7(4-6-8)9-10(11(15)16)14-12(13-9)18-2/h3-6H,1-2H3,(H,13,14)(H,15,16). The molecule has 1 heterocycles. The van der Waals surface area contributed by atoms with Gasteiger partial charge in [-0.2, -0.15) is 0 Å². The number of nitrogens with one attached hydrogen (secondary N) is 1. The van der Waals surface area contributed by atoms with Crippen LogP contribution in [0.15, 0.2) is 29.4 Å². The molecule has 0 atom stereocenters. The number of carboxylic acids is 1. The Morgan fingerprint density at radius 2 is 2.06 bits per heavy atom. The molecule has 2 rings (SSSR count). The Morgan fingerprint density at radius 1 is 1.39 bits per heavy atom. The van der Waals surface area contributed by atoms with Crippen molar-refractivity contribution in [2.24, 2.45) is 0 Å². The molecule has 94 valence electrons. The summed E-state index contributed by atoms with van der Waals surface area (Å²) in [4.78, 5) is 18.2. The van der Waals surface area contributed by atoms with E-state index in [9.17, 15) is 4.79 Å². The number of methoxy groups -OCH3 is 1. The van der Waals surface area contributed by atoms with Crippen molar-refractivity contribution in [3.63, 3.8) is 0 Å². The maximum atomic E-state index is 11.1. The molecule has 5 nitrogen and oxygen atoms in total. The summed E-state index contributed by atoms with van der Waals surface area (Å²) < 4.78 is 5.06. The fourth-order valence-electron chi connectivity index (χ4n) is 1.56. The topological polar surface area (TPSA) is 75.2 Å². The van der Waals surface area contributed by atoms with Gasteiger partial charge < -0.3 is 14.8 Å². The number of ether oxygens (including phenoxy) is 1. The third kappa shape index (κ3) is 2.33. The molecule has 18 heavy (non-hydrogen) atoms. The Labute approximate surface area is 108 Å². The third-order valence-electron chi connectivity index (χ3n) is 2.45. The van der Waals surface area contributed by atoms with E-state index in [-0.39, 0.29) is 5.69 Å². The van der Waals surface area contributed by atoms with E-state index in [4.69, 9.17) is 9.84 Å². The molecule has 2 N–H and O–H groups in total. The fourth-order valence-corrected chi connectivity index (χ4v) is 1.95. The second-order valence-corrected chi connectivity index (χ2v) is 4.30. The van der Waals surface area contributed by atoms with E-state index in [1.165, 1.54) is 11.8 Å². The largest absolute Gasteiger partial charge is 0.497 e. The monoisotopic (exact) mass is 264 g/mol. The highest BCUT2D eigenvalue weighted by Gasteiger charge is 2.17. The molecule has 0 amide bonds. The lowest BCUT2D eigenvalue weighted by molar-refractivity contribution is 0.0691. The molecule has 0 radical (unpaired) electrons. The summed E-state index contributed by atoms with van der Waals surface area (Å²) in [6.45, 7) is 0. The number of aromatic nitrogens is 2. The van der Waals surface area contributed by atoms with Crippen molar-refractivity contribution in [1.82, 2.24) is 9.97 Å². The number of aromatic carboxylic acids is 1. The van der Waals surface area contributed by atoms with Crippen LogP contribution in [0.2, 0.25) is 0 Å². The van der Waals surface area contributed by atoms with Gasteiger partial charge in [0.15, 0.2) is 10.9 Å². The zero-order chi connectivity index (χ0) is 13.1. The number of carboxylic acid groups (broad SMARTS) is 1. The fraction of sp³-hybridized carbons (Fsp3) is 0.167. The van der Waals surface area contributed by atoms with Crippen LogP contribution in [0, 0.1) is 0 Å². The lowest BCUT2D eigenvalue weighted by atomic mass is 10.1. The normalized spacial score (nSPS) is 10.3. The maximum absolute atomic E-state index is 11.1. The maximum Gasteiger partial charge on any atom is 0.354 e. The van der Waals surface area contributed by atoms with E-state index >= 15 is 0 Å². The predicted octanol–water partition coefficient (Wildman–Crippen LogP) is 2.51. The average molecular weight is 264 g/mol. The van der Waals surface area contributed by atoms with Crippen LogP contribution in [-0.4, -0.2) is 34.4 Å². The summed E-state index contributed by atoms with van der Waals surface area (Å²) in [5, 5.41) is 9.71. The van der Waals surface area contributed by atoms with Gasteiger partial charge in [-0.3, -0.25) is 0 Å². The van der Waals surface area contributed by atoms with Gasteiger partial charge in [-0.15, -0.1) is 0 Å². The van der Waals surface area contributed by atoms with Crippen LogP contribution in [0.4, 0.5) is 0 Å². The van der Waals surface area contributed by atoms with E-state index in [1.54, 1.807) is 31.4 Å². The number of hydrogen-bond donors (Lipinski definition) is 2. The molecule has 0 bridgehead atoms. The SMILES string of the molecule is COc1ccc(-c2nc(SC)[nH]c2C(=O)O)cc1. The van der Waals surface area contributed by atoms with E-state index in [1.807, 2.05) is 6.26 Å². The third-order valence-corrected chi connectivity index (χ3v) is 3.03. The zero-order valence-electron chi connectivity index (χ0n) is 9.93. The summed E-state index contributed by atoms with van der Waals surface area (Å²) in [7, 11) is 1.58. The van der Waals surface area contributed by atoms with Crippen molar-refractivity contribution in [3.05, 3.63) is 30.0 Å². The number of H-pyrrole nitrogens is 1. The van der Waals surface area contributed by atoms with Gasteiger partial charge in [0, 0.05) is 5.56 Å². The smallest absolute Gasteiger partial charge is 0.354 e. The Balaban J connectivity index is 2.47. The highest BCUT2D eigenvalue weighted by atomic mass is 32.2. The number of thioether (sulfide) groups is 1. The molecule has 0 aliphatic heterocycles. The van der Waals surface area contributed by atoms with E-state index in [0.717, 1.165) is 11.3 Å². The summed E-state index contributed by atoms with van der Waals surface area (Å²) in [6, 6.07) is 7.11. The molecule has 0 saturated carbocycles.